The van der Waals surface area contributed by atoms with Crippen molar-refractivity contribution in [2.75, 3.05) is 11.5 Å². The number of nitrogen functional groups attached to an aromatic ring is 1. The van der Waals surface area contributed by atoms with Crippen LogP contribution < -0.4 is 5.73 Å². The third-order valence-electron chi connectivity index (χ3n) is 1.19. The Morgan fingerprint density at radius 3 is 2.85 bits per heavy atom. The molecule has 0 aliphatic rings. The smallest absolute Gasteiger partial charge is 0.224 e. The number of aryl methyl sites for hydroxylation is 1. The lowest BCUT2D eigenvalue weighted by Crippen LogP contribution is -2.01. The van der Waals surface area contributed by atoms with Crippen LogP contribution >= 0.6 is 11.8 Å². The molecular formula is C7H9N5S. The van der Waals surface area contributed by atoms with Crippen LogP contribution in [0.1, 0.15) is 12.2 Å². The number of aromatic nitrogens is 3. The Hall–Kier alpha value is -1.35. The van der Waals surface area contributed by atoms with Crippen molar-refractivity contribution in [2.45, 2.75) is 18.5 Å². The molecule has 0 atom stereocenters. The maximum atomic E-state index is 8.31. The van der Waals surface area contributed by atoms with Crippen LogP contribution in [-0.2, 0) is 0 Å². The van der Waals surface area contributed by atoms with Gasteiger partial charge in [0.1, 0.15) is 5.82 Å². The predicted octanol–water partition coefficient (Wildman–Crippen LogP) is 0.768. The van der Waals surface area contributed by atoms with Crippen molar-refractivity contribution in [3.05, 3.63) is 5.82 Å². The van der Waals surface area contributed by atoms with Crippen molar-refractivity contribution in [3.63, 3.8) is 0 Å². The molecule has 1 rings (SSSR count). The summed E-state index contributed by atoms with van der Waals surface area (Å²) in [5, 5.41) is 8.90. The van der Waals surface area contributed by atoms with E-state index in [1.807, 2.05) is 6.07 Å². The van der Waals surface area contributed by atoms with Gasteiger partial charge in [-0.1, -0.05) is 11.8 Å². The summed E-state index contributed by atoms with van der Waals surface area (Å²) in [6.07, 6.45) is 0.481. The topological polar surface area (TPSA) is 88.5 Å². The van der Waals surface area contributed by atoms with Crippen LogP contribution in [-0.4, -0.2) is 20.7 Å². The van der Waals surface area contributed by atoms with E-state index in [0.29, 0.717) is 23.2 Å². The van der Waals surface area contributed by atoms with Crippen LogP contribution in [0.2, 0.25) is 0 Å². The Morgan fingerprint density at radius 1 is 1.46 bits per heavy atom. The van der Waals surface area contributed by atoms with E-state index in [1.165, 1.54) is 11.8 Å². The fourth-order valence-electron chi connectivity index (χ4n) is 0.730. The number of nitriles is 1. The zero-order valence-electron chi connectivity index (χ0n) is 7.19. The summed E-state index contributed by atoms with van der Waals surface area (Å²) >= 11 is 1.41. The third kappa shape index (κ3) is 3.25. The van der Waals surface area contributed by atoms with Gasteiger partial charge in [0.2, 0.25) is 5.95 Å². The molecule has 0 fully saturated rings. The molecule has 0 saturated carbocycles. The van der Waals surface area contributed by atoms with Crippen LogP contribution in [0.4, 0.5) is 5.95 Å². The SMILES string of the molecule is Cc1nc(N)nc(SCCC#N)n1. The standard InChI is InChI=1S/C7H9N5S/c1-5-10-6(9)12-7(11-5)13-4-2-3-8/h2,4H2,1H3,(H2,9,10,11,12). The lowest BCUT2D eigenvalue weighted by Gasteiger charge is -1.99. The second-order valence-electron chi connectivity index (χ2n) is 2.28. The normalized spacial score (nSPS) is 9.54. The highest BCUT2D eigenvalue weighted by atomic mass is 32.2. The number of anilines is 1. The highest BCUT2D eigenvalue weighted by Crippen LogP contribution is 2.13. The molecule has 0 spiro atoms. The van der Waals surface area contributed by atoms with Gasteiger partial charge < -0.3 is 5.73 Å². The summed E-state index contributed by atoms with van der Waals surface area (Å²) in [6, 6.07) is 2.04. The number of nitrogens with zero attached hydrogens (tertiary/aromatic N) is 4. The number of hydrogen-bond donors (Lipinski definition) is 1. The zero-order chi connectivity index (χ0) is 9.68. The first-order chi connectivity index (χ1) is 6.22. The number of nitrogens with two attached hydrogens (primary N) is 1. The minimum Gasteiger partial charge on any atom is -0.368 e. The Morgan fingerprint density at radius 2 is 2.23 bits per heavy atom. The molecule has 0 saturated heterocycles. The average molecular weight is 195 g/mol. The van der Waals surface area contributed by atoms with E-state index < -0.39 is 0 Å². The van der Waals surface area contributed by atoms with Gasteiger partial charge in [0.15, 0.2) is 5.16 Å². The molecule has 0 amide bonds. The molecule has 6 heteroatoms. The Balaban J connectivity index is 2.62. The molecule has 0 radical (unpaired) electrons. The van der Waals surface area contributed by atoms with Crippen molar-refractivity contribution in [3.8, 4) is 6.07 Å². The zero-order valence-corrected chi connectivity index (χ0v) is 8.01. The first-order valence-electron chi connectivity index (χ1n) is 3.70. The molecule has 0 aliphatic carbocycles. The van der Waals surface area contributed by atoms with E-state index in [2.05, 4.69) is 15.0 Å². The Bertz CT molecular complexity index is 312. The first kappa shape index (κ1) is 9.74. The van der Waals surface area contributed by atoms with Gasteiger partial charge in [-0.05, 0) is 6.92 Å². The highest BCUT2D eigenvalue weighted by Gasteiger charge is 2.00. The number of rotatable bonds is 3. The van der Waals surface area contributed by atoms with Gasteiger partial charge in [0, 0.05) is 12.2 Å². The van der Waals surface area contributed by atoms with E-state index in [-0.39, 0.29) is 5.95 Å². The summed E-state index contributed by atoms with van der Waals surface area (Å²) in [4.78, 5) is 11.8. The van der Waals surface area contributed by atoms with Crippen molar-refractivity contribution < 1.29 is 0 Å². The van der Waals surface area contributed by atoms with Crippen LogP contribution in [0.25, 0.3) is 0 Å². The van der Waals surface area contributed by atoms with Gasteiger partial charge in [-0.25, -0.2) is 4.98 Å². The molecular weight excluding hydrogens is 186 g/mol. The number of thioether (sulfide) groups is 1. The van der Waals surface area contributed by atoms with Gasteiger partial charge in [-0.3, -0.25) is 0 Å². The molecule has 0 aliphatic heterocycles. The Kier molecular flexibility index (Phi) is 3.46. The fourth-order valence-corrected chi connectivity index (χ4v) is 1.46. The van der Waals surface area contributed by atoms with Gasteiger partial charge in [0.05, 0.1) is 6.07 Å². The Labute approximate surface area is 80.4 Å². The largest absolute Gasteiger partial charge is 0.368 e. The van der Waals surface area contributed by atoms with Gasteiger partial charge >= 0.3 is 0 Å². The predicted molar refractivity (Wildman–Crippen MR) is 49.9 cm³/mol. The van der Waals surface area contributed by atoms with Crippen molar-refractivity contribution >= 4 is 17.7 Å². The molecule has 2 N–H and O–H groups in total. The van der Waals surface area contributed by atoms with Crippen LogP contribution in [0.5, 0.6) is 0 Å². The van der Waals surface area contributed by atoms with Crippen molar-refractivity contribution in [1.29, 1.82) is 5.26 Å². The van der Waals surface area contributed by atoms with E-state index >= 15 is 0 Å². The summed E-state index contributed by atoms with van der Waals surface area (Å²) < 4.78 is 0. The van der Waals surface area contributed by atoms with Gasteiger partial charge in [0.25, 0.3) is 0 Å². The quantitative estimate of drug-likeness (QED) is 0.566. The summed E-state index contributed by atoms with van der Waals surface area (Å²) in [5.41, 5.74) is 5.42. The maximum Gasteiger partial charge on any atom is 0.224 e. The minimum absolute atomic E-state index is 0.229. The molecule has 68 valence electrons. The molecule has 0 aromatic carbocycles. The van der Waals surface area contributed by atoms with Gasteiger partial charge in [-0.15, -0.1) is 0 Å². The van der Waals surface area contributed by atoms with Crippen molar-refractivity contribution in [1.82, 2.24) is 15.0 Å². The summed E-state index contributed by atoms with van der Waals surface area (Å²) in [6.45, 7) is 1.76. The number of hydrogen-bond acceptors (Lipinski definition) is 6. The summed E-state index contributed by atoms with van der Waals surface area (Å²) in [5.74, 6) is 1.51. The van der Waals surface area contributed by atoms with Crippen molar-refractivity contribution in [2.24, 2.45) is 0 Å². The van der Waals surface area contributed by atoms with E-state index in [0.717, 1.165) is 0 Å². The molecule has 1 heterocycles. The minimum atomic E-state index is 0.229. The second kappa shape index (κ2) is 4.62. The monoisotopic (exact) mass is 195 g/mol. The molecule has 1 aromatic rings. The maximum absolute atomic E-state index is 8.31. The van der Waals surface area contributed by atoms with E-state index in [9.17, 15) is 0 Å². The van der Waals surface area contributed by atoms with E-state index in [1.54, 1.807) is 6.92 Å². The van der Waals surface area contributed by atoms with Crippen LogP contribution in [0.15, 0.2) is 5.16 Å². The van der Waals surface area contributed by atoms with E-state index in [4.69, 9.17) is 11.0 Å². The fraction of sp³-hybridized carbons (Fsp3) is 0.429. The highest BCUT2D eigenvalue weighted by molar-refractivity contribution is 7.99. The van der Waals surface area contributed by atoms with Crippen LogP contribution in [0, 0.1) is 18.3 Å². The molecule has 1 aromatic heterocycles. The first-order valence-corrected chi connectivity index (χ1v) is 4.69. The second-order valence-corrected chi connectivity index (χ2v) is 3.34. The molecule has 0 bridgehead atoms. The summed E-state index contributed by atoms with van der Waals surface area (Å²) in [7, 11) is 0. The molecule has 5 nitrogen and oxygen atoms in total. The molecule has 13 heavy (non-hydrogen) atoms. The van der Waals surface area contributed by atoms with Gasteiger partial charge in [-0.2, -0.15) is 15.2 Å². The lowest BCUT2D eigenvalue weighted by molar-refractivity contribution is 0.870. The van der Waals surface area contributed by atoms with Crippen LogP contribution in [0.3, 0.4) is 0 Å². The lowest BCUT2D eigenvalue weighted by atomic mass is 10.6. The third-order valence-corrected chi connectivity index (χ3v) is 2.04. The molecule has 0 unspecified atom stereocenters. The average Bonchev–Trinajstić information content (AvgIpc) is 2.03.